The molecule has 146 valence electrons. The van der Waals surface area contributed by atoms with Crippen LogP contribution in [0.4, 0.5) is 5.95 Å². The highest BCUT2D eigenvalue weighted by Gasteiger charge is 2.49. The number of hydrogen-bond donors (Lipinski definition) is 3. The molecule has 1 aromatic carbocycles. The largest absolute Gasteiger partial charge is 0.386 e. The summed E-state index contributed by atoms with van der Waals surface area (Å²) in [6.07, 6.45) is -3.04. The smallest absolute Gasteiger partial charge is 0.280 e. The molecule has 2 saturated heterocycles. The van der Waals surface area contributed by atoms with Crippen LogP contribution in [-0.2, 0) is 25.6 Å². The van der Waals surface area contributed by atoms with Gasteiger partial charge in [-0.1, -0.05) is 30.3 Å². The Morgan fingerprint density at radius 3 is 2.89 bits per heavy atom. The Morgan fingerprint density at radius 1 is 1.32 bits per heavy atom. The van der Waals surface area contributed by atoms with E-state index in [9.17, 15) is 9.90 Å². The van der Waals surface area contributed by atoms with Gasteiger partial charge in [0.15, 0.2) is 24.5 Å². The molecule has 2 aromatic heterocycles. The second-order valence-electron chi connectivity index (χ2n) is 6.49. The van der Waals surface area contributed by atoms with Gasteiger partial charge in [-0.05, 0) is 11.8 Å². The molecule has 0 aliphatic carbocycles. The number of aromatic amines is 1. The Bertz CT molecular complexity index is 1140. The highest BCUT2D eigenvalue weighted by molar-refractivity contribution is 8.00. The van der Waals surface area contributed by atoms with Gasteiger partial charge in [0.05, 0.1) is 6.61 Å². The third kappa shape index (κ3) is 2.79. The second-order valence-corrected chi connectivity index (χ2v) is 8.52. The van der Waals surface area contributed by atoms with E-state index in [-0.39, 0.29) is 23.7 Å². The summed E-state index contributed by atoms with van der Waals surface area (Å²) in [5.41, 5.74) is 6.32. The molecule has 0 radical (unpaired) electrons. The number of nitrogen functional groups attached to an aromatic ring is 1. The van der Waals surface area contributed by atoms with Gasteiger partial charge in [-0.25, -0.2) is 4.98 Å². The zero-order valence-electron chi connectivity index (χ0n) is 14.3. The lowest BCUT2D eigenvalue weighted by Gasteiger charge is -2.26. The zero-order chi connectivity index (χ0) is 19.4. The quantitative estimate of drug-likeness (QED) is 0.507. The zero-order valence-corrected chi connectivity index (χ0v) is 16.1. The lowest BCUT2D eigenvalue weighted by molar-refractivity contribution is -0.0515. The fraction of sp³-hybridized carbons (Fsp3) is 0.312. The molecule has 4 heterocycles. The molecule has 28 heavy (non-hydrogen) atoms. The van der Waals surface area contributed by atoms with Crippen LogP contribution in [0.1, 0.15) is 6.23 Å². The minimum Gasteiger partial charge on any atom is -0.386 e. The summed E-state index contributed by atoms with van der Waals surface area (Å²) >= 11 is 5.12. The molecule has 2 aliphatic rings. The van der Waals surface area contributed by atoms with E-state index in [4.69, 9.17) is 31.3 Å². The van der Waals surface area contributed by atoms with Crippen LogP contribution in [0, 0.1) is 0 Å². The van der Waals surface area contributed by atoms with Gasteiger partial charge in [0.25, 0.3) is 5.56 Å². The number of rotatable bonds is 2. The molecule has 2 aliphatic heterocycles. The highest BCUT2D eigenvalue weighted by Crippen LogP contribution is 2.44. The molecular weight excluding hydrogens is 405 g/mol. The van der Waals surface area contributed by atoms with Gasteiger partial charge in [0.1, 0.15) is 24.1 Å². The summed E-state index contributed by atoms with van der Waals surface area (Å²) in [7, 11) is -1.86. The molecule has 0 amide bonds. The third-order valence-corrected chi connectivity index (χ3v) is 6.27. The molecule has 10 nitrogen and oxygen atoms in total. The van der Waals surface area contributed by atoms with E-state index in [1.54, 1.807) is 4.57 Å². The van der Waals surface area contributed by atoms with Gasteiger partial charge in [-0.3, -0.25) is 14.3 Å². The molecule has 0 saturated carbocycles. The number of imidazole rings is 1. The van der Waals surface area contributed by atoms with Crippen LogP contribution in [0.25, 0.3) is 22.6 Å². The summed E-state index contributed by atoms with van der Waals surface area (Å²) in [4.78, 5) is 23.5. The number of aliphatic hydroxyl groups is 1. The van der Waals surface area contributed by atoms with Crippen LogP contribution < -0.4 is 11.3 Å². The first-order chi connectivity index (χ1) is 13.5. The maximum absolute atomic E-state index is 12.4. The summed E-state index contributed by atoms with van der Waals surface area (Å²) < 4.78 is 18.6. The minimum absolute atomic E-state index is 0.0567. The van der Waals surface area contributed by atoms with Crippen LogP contribution >= 0.6 is 7.15 Å². The van der Waals surface area contributed by atoms with Crippen molar-refractivity contribution in [2.45, 2.75) is 24.5 Å². The molecule has 12 heteroatoms. The molecule has 3 aromatic rings. The Kier molecular flexibility index (Phi) is 4.31. The molecule has 5 rings (SSSR count). The fourth-order valence-electron chi connectivity index (χ4n) is 3.54. The monoisotopic (exact) mass is 421 g/mol. The summed E-state index contributed by atoms with van der Waals surface area (Å²) in [6, 6.07) is 9.24. The molecule has 5 atom stereocenters. The maximum atomic E-state index is 12.4. The molecule has 4 N–H and O–H groups in total. The Hall–Kier alpha value is -2.14. The summed E-state index contributed by atoms with van der Waals surface area (Å²) in [5.74, 6) is 0.366. The predicted molar refractivity (Wildman–Crippen MR) is 104 cm³/mol. The summed E-state index contributed by atoms with van der Waals surface area (Å²) in [6.45, 7) is 0.236. The number of nitrogens with two attached hydrogens (primary N) is 1. The number of benzene rings is 1. The number of nitrogens with one attached hydrogen (secondary N) is 1. The van der Waals surface area contributed by atoms with Crippen LogP contribution in [-0.4, -0.2) is 49.5 Å². The number of aliphatic hydroxyl groups excluding tert-OH is 1. The van der Waals surface area contributed by atoms with Crippen molar-refractivity contribution >= 4 is 36.1 Å². The lowest BCUT2D eigenvalue weighted by atomic mass is 10.1. The molecule has 0 bridgehead atoms. The highest BCUT2D eigenvalue weighted by atomic mass is 32.4. The first kappa shape index (κ1) is 17.9. The van der Waals surface area contributed by atoms with E-state index in [1.165, 1.54) is 0 Å². The van der Waals surface area contributed by atoms with Gasteiger partial charge in [0, 0.05) is 5.56 Å². The number of anilines is 1. The Morgan fingerprint density at radius 2 is 2.11 bits per heavy atom. The molecule has 2 fully saturated rings. The summed E-state index contributed by atoms with van der Waals surface area (Å²) in [5, 5.41) is 10.9. The number of aromatic nitrogens is 4. The van der Waals surface area contributed by atoms with Gasteiger partial charge < -0.3 is 24.6 Å². The van der Waals surface area contributed by atoms with E-state index >= 15 is 0 Å². The van der Waals surface area contributed by atoms with Crippen molar-refractivity contribution in [3.8, 4) is 11.4 Å². The predicted octanol–water partition coefficient (Wildman–Crippen LogP) is 0.549. The van der Waals surface area contributed by atoms with Crippen LogP contribution in [0.2, 0.25) is 0 Å². The average molecular weight is 421 g/mol. The van der Waals surface area contributed by atoms with Crippen LogP contribution in [0.15, 0.2) is 35.1 Å². The van der Waals surface area contributed by atoms with Gasteiger partial charge in [0.2, 0.25) is 5.95 Å². The van der Waals surface area contributed by atoms with Gasteiger partial charge in [-0.2, -0.15) is 4.98 Å². The molecule has 3 unspecified atom stereocenters. The van der Waals surface area contributed by atoms with Gasteiger partial charge >= 0.3 is 0 Å². The van der Waals surface area contributed by atoms with Crippen molar-refractivity contribution in [2.75, 3.05) is 12.3 Å². The number of H-pyrrole nitrogens is 1. The fourth-order valence-corrected chi connectivity index (χ4v) is 4.96. The normalized spacial score (nSPS) is 29.8. The van der Waals surface area contributed by atoms with E-state index in [2.05, 4.69) is 15.0 Å². The third-order valence-electron chi connectivity index (χ3n) is 4.76. The van der Waals surface area contributed by atoms with Crippen molar-refractivity contribution < 1.29 is 18.9 Å². The lowest BCUT2D eigenvalue weighted by Crippen LogP contribution is -2.37. The molecule has 0 spiro atoms. The number of fused-ring (bicyclic) bond motifs is 2. The van der Waals surface area contributed by atoms with E-state index in [0.29, 0.717) is 5.82 Å². The van der Waals surface area contributed by atoms with Crippen molar-refractivity contribution in [1.82, 2.24) is 19.5 Å². The second kappa shape index (κ2) is 6.73. The van der Waals surface area contributed by atoms with Crippen LogP contribution in [0.5, 0.6) is 0 Å². The number of hydrogen-bond acceptors (Lipinski definition) is 9. The van der Waals surface area contributed by atoms with E-state index < -0.39 is 37.2 Å². The first-order valence-corrected chi connectivity index (χ1v) is 11.0. The average Bonchev–Trinajstić information content (AvgIpc) is 3.21. The van der Waals surface area contributed by atoms with E-state index in [1.807, 2.05) is 30.3 Å². The standard InChI is InChI=1S/C16H16N5O5PS/c17-16-19-13-9(14(23)20-16)18-12(7-4-2-1-3-5-7)21(13)15-10(22)11-8(25-15)6-24-27(28)26-11/h1-5,8,10-11,15,22,27H,6H2,(H3,17,19,20,23)/t8?,10?,11-,15-/m1/s1. The Balaban J connectivity index is 1.72. The van der Waals surface area contributed by atoms with Crippen molar-refractivity contribution in [2.24, 2.45) is 0 Å². The van der Waals surface area contributed by atoms with Gasteiger partial charge in [-0.15, -0.1) is 0 Å². The Labute approximate surface area is 163 Å². The SMILES string of the molecule is Nc1nc2c(nc(-c3ccccc3)n2[C@@H]2OC3CO[PH](=S)O[C@H]3C2O)c(=O)[nH]1. The van der Waals surface area contributed by atoms with E-state index in [0.717, 1.165) is 5.56 Å². The first-order valence-electron chi connectivity index (χ1n) is 8.53. The van der Waals surface area contributed by atoms with Crippen LogP contribution in [0.3, 0.4) is 0 Å². The number of ether oxygens (including phenoxy) is 1. The minimum atomic E-state index is -1.86. The number of nitrogens with zero attached hydrogens (tertiary/aromatic N) is 3. The van der Waals surface area contributed by atoms with Crippen molar-refractivity contribution in [3.05, 3.63) is 40.7 Å². The topological polar surface area (TPSA) is 138 Å². The van der Waals surface area contributed by atoms with Crippen molar-refractivity contribution in [1.29, 1.82) is 0 Å². The maximum Gasteiger partial charge on any atom is 0.280 e. The van der Waals surface area contributed by atoms with Crippen molar-refractivity contribution in [3.63, 3.8) is 0 Å². The molecular formula is C16H16N5O5PS.